The number of nitrogens with two attached hydrogens (primary N) is 1. The lowest BCUT2D eigenvalue weighted by Gasteiger charge is -2.26. The van der Waals surface area contributed by atoms with Gasteiger partial charge in [0, 0.05) is 19.6 Å². The fourth-order valence-electron chi connectivity index (χ4n) is 2.02. The third kappa shape index (κ3) is 4.29. The molecule has 0 aromatic heterocycles. The summed E-state index contributed by atoms with van der Waals surface area (Å²) in [5, 5.41) is 0. The topological polar surface area (TPSA) is 47.7 Å². The second-order valence-corrected chi connectivity index (χ2v) is 4.53. The van der Waals surface area contributed by atoms with Crippen molar-refractivity contribution in [3.8, 4) is 5.75 Å². The highest BCUT2D eigenvalue weighted by Gasteiger charge is 2.10. The SMILES string of the molecule is NCCCOc1cccc(CN2CCOCC2)c1. The molecule has 0 unspecified atom stereocenters. The molecule has 18 heavy (non-hydrogen) atoms. The summed E-state index contributed by atoms with van der Waals surface area (Å²) in [6, 6.07) is 8.31. The maximum Gasteiger partial charge on any atom is 0.119 e. The molecule has 100 valence electrons. The first-order valence-electron chi connectivity index (χ1n) is 6.60. The molecule has 1 fully saturated rings. The summed E-state index contributed by atoms with van der Waals surface area (Å²) in [7, 11) is 0. The van der Waals surface area contributed by atoms with Crippen molar-refractivity contribution in [3.63, 3.8) is 0 Å². The van der Waals surface area contributed by atoms with E-state index in [1.54, 1.807) is 0 Å². The van der Waals surface area contributed by atoms with Crippen molar-refractivity contribution < 1.29 is 9.47 Å². The Kier molecular flexibility index (Phi) is 5.45. The monoisotopic (exact) mass is 250 g/mol. The Bertz CT molecular complexity index is 351. The molecular formula is C14H22N2O2. The standard InChI is InChI=1S/C14H22N2O2/c15-5-2-8-18-14-4-1-3-13(11-14)12-16-6-9-17-10-7-16/h1,3-4,11H,2,5-10,12,15H2. The van der Waals surface area contributed by atoms with Gasteiger partial charge in [0.15, 0.2) is 0 Å². The van der Waals surface area contributed by atoms with Gasteiger partial charge in [-0.2, -0.15) is 0 Å². The molecule has 0 saturated carbocycles. The minimum atomic E-state index is 0.674. The van der Waals surface area contributed by atoms with Gasteiger partial charge in [0.1, 0.15) is 5.75 Å². The van der Waals surface area contributed by atoms with E-state index in [9.17, 15) is 0 Å². The lowest BCUT2D eigenvalue weighted by molar-refractivity contribution is 0.0341. The molecule has 0 aliphatic carbocycles. The lowest BCUT2D eigenvalue weighted by atomic mass is 10.2. The van der Waals surface area contributed by atoms with Crippen molar-refractivity contribution in [1.82, 2.24) is 4.90 Å². The second kappa shape index (κ2) is 7.36. The minimum absolute atomic E-state index is 0.674. The van der Waals surface area contributed by atoms with Gasteiger partial charge in [-0.25, -0.2) is 0 Å². The molecular weight excluding hydrogens is 228 g/mol. The first-order chi connectivity index (χ1) is 8.88. The van der Waals surface area contributed by atoms with Gasteiger partial charge in [-0.1, -0.05) is 12.1 Å². The molecule has 1 aromatic rings. The maximum atomic E-state index is 5.65. The summed E-state index contributed by atoms with van der Waals surface area (Å²) in [4.78, 5) is 2.41. The average Bonchev–Trinajstić information content (AvgIpc) is 2.41. The van der Waals surface area contributed by atoms with Gasteiger partial charge >= 0.3 is 0 Å². The van der Waals surface area contributed by atoms with E-state index in [2.05, 4.69) is 17.0 Å². The number of rotatable bonds is 6. The molecule has 0 radical (unpaired) electrons. The molecule has 1 aliphatic rings. The van der Waals surface area contributed by atoms with Gasteiger partial charge in [-0.15, -0.1) is 0 Å². The zero-order valence-corrected chi connectivity index (χ0v) is 10.8. The predicted octanol–water partition coefficient (Wildman–Crippen LogP) is 1.25. The van der Waals surface area contributed by atoms with E-state index in [1.165, 1.54) is 5.56 Å². The van der Waals surface area contributed by atoms with Crippen LogP contribution in [0.1, 0.15) is 12.0 Å². The Hall–Kier alpha value is -1.10. The van der Waals surface area contributed by atoms with Crippen LogP contribution in [0.15, 0.2) is 24.3 Å². The fraction of sp³-hybridized carbons (Fsp3) is 0.571. The summed E-state index contributed by atoms with van der Waals surface area (Å²) >= 11 is 0. The summed E-state index contributed by atoms with van der Waals surface area (Å²) in [5.74, 6) is 0.939. The van der Waals surface area contributed by atoms with Crippen molar-refractivity contribution in [2.24, 2.45) is 5.73 Å². The van der Waals surface area contributed by atoms with E-state index >= 15 is 0 Å². The van der Waals surface area contributed by atoms with Gasteiger partial charge in [0.05, 0.1) is 19.8 Å². The van der Waals surface area contributed by atoms with E-state index in [1.807, 2.05) is 12.1 Å². The third-order valence-corrected chi connectivity index (χ3v) is 3.03. The molecule has 1 saturated heterocycles. The molecule has 2 rings (SSSR count). The number of ether oxygens (including phenoxy) is 2. The molecule has 0 spiro atoms. The van der Waals surface area contributed by atoms with Crippen LogP contribution in [0.3, 0.4) is 0 Å². The van der Waals surface area contributed by atoms with Crippen LogP contribution in [0, 0.1) is 0 Å². The van der Waals surface area contributed by atoms with Crippen LogP contribution < -0.4 is 10.5 Å². The average molecular weight is 250 g/mol. The molecule has 1 aromatic carbocycles. The molecule has 4 nitrogen and oxygen atoms in total. The van der Waals surface area contributed by atoms with Gasteiger partial charge in [0.2, 0.25) is 0 Å². The maximum absolute atomic E-state index is 5.65. The van der Waals surface area contributed by atoms with Crippen LogP contribution in [-0.2, 0) is 11.3 Å². The van der Waals surface area contributed by atoms with Gasteiger partial charge in [0.25, 0.3) is 0 Å². The van der Waals surface area contributed by atoms with Crippen LogP contribution in [0.4, 0.5) is 0 Å². The number of benzene rings is 1. The predicted molar refractivity (Wildman–Crippen MR) is 71.7 cm³/mol. The Morgan fingerprint density at radius 1 is 1.28 bits per heavy atom. The van der Waals surface area contributed by atoms with Crippen LogP contribution in [0.25, 0.3) is 0 Å². The molecule has 0 amide bonds. The minimum Gasteiger partial charge on any atom is -0.494 e. The fourth-order valence-corrected chi connectivity index (χ4v) is 2.02. The second-order valence-electron chi connectivity index (χ2n) is 4.53. The first kappa shape index (κ1) is 13.3. The first-order valence-corrected chi connectivity index (χ1v) is 6.60. The van der Waals surface area contributed by atoms with Crippen molar-refractivity contribution in [2.75, 3.05) is 39.5 Å². The van der Waals surface area contributed by atoms with Gasteiger partial charge < -0.3 is 15.2 Å². The molecule has 1 aliphatic heterocycles. The van der Waals surface area contributed by atoms with Crippen molar-refractivity contribution in [1.29, 1.82) is 0 Å². The van der Waals surface area contributed by atoms with Crippen LogP contribution in [0.5, 0.6) is 5.75 Å². The van der Waals surface area contributed by atoms with Crippen LogP contribution >= 0.6 is 0 Å². The van der Waals surface area contributed by atoms with Crippen molar-refractivity contribution in [2.45, 2.75) is 13.0 Å². The Balaban J connectivity index is 1.85. The van der Waals surface area contributed by atoms with E-state index < -0.39 is 0 Å². The highest BCUT2D eigenvalue weighted by molar-refractivity contribution is 5.28. The highest BCUT2D eigenvalue weighted by atomic mass is 16.5. The van der Waals surface area contributed by atoms with Crippen molar-refractivity contribution in [3.05, 3.63) is 29.8 Å². The smallest absolute Gasteiger partial charge is 0.119 e. The van der Waals surface area contributed by atoms with Gasteiger partial charge in [-0.05, 0) is 30.7 Å². The van der Waals surface area contributed by atoms with Crippen LogP contribution in [0.2, 0.25) is 0 Å². The largest absolute Gasteiger partial charge is 0.494 e. The van der Waals surface area contributed by atoms with Crippen molar-refractivity contribution >= 4 is 0 Å². The Morgan fingerprint density at radius 3 is 2.89 bits per heavy atom. The Morgan fingerprint density at radius 2 is 2.11 bits per heavy atom. The summed E-state index contributed by atoms with van der Waals surface area (Å²) in [5.41, 5.74) is 6.74. The third-order valence-electron chi connectivity index (χ3n) is 3.03. The molecule has 2 N–H and O–H groups in total. The van der Waals surface area contributed by atoms with E-state index in [4.69, 9.17) is 15.2 Å². The molecule has 1 heterocycles. The van der Waals surface area contributed by atoms with E-state index in [0.717, 1.165) is 45.0 Å². The van der Waals surface area contributed by atoms with E-state index in [-0.39, 0.29) is 0 Å². The number of hydrogen-bond donors (Lipinski definition) is 1. The highest BCUT2D eigenvalue weighted by Crippen LogP contribution is 2.15. The normalized spacial score (nSPS) is 16.7. The summed E-state index contributed by atoms with van der Waals surface area (Å²) in [6.07, 6.45) is 0.897. The number of morpholine rings is 1. The zero-order chi connectivity index (χ0) is 12.6. The molecule has 0 atom stereocenters. The summed E-state index contributed by atoms with van der Waals surface area (Å²) < 4.78 is 11.0. The van der Waals surface area contributed by atoms with E-state index in [0.29, 0.717) is 13.2 Å². The number of nitrogens with zero attached hydrogens (tertiary/aromatic N) is 1. The molecule has 0 bridgehead atoms. The summed E-state index contributed by atoms with van der Waals surface area (Å²) in [6.45, 7) is 6.04. The zero-order valence-electron chi connectivity index (χ0n) is 10.8. The molecule has 4 heteroatoms. The number of hydrogen-bond acceptors (Lipinski definition) is 4. The Labute approximate surface area is 109 Å². The quantitative estimate of drug-likeness (QED) is 0.772. The van der Waals surface area contributed by atoms with Crippen LogP contribution in [-0.4, -0.2) is 44.4 Å². The lowest BCUT2D eigenvalue weighted by Crippen LogP contribution is -2.35. The van der Waals surface area contributed by atoms with Gasteiger partial charge in [-0.3, -0.25) is 4.90 Å².